The Morgan fingerprint density at radius 1 is 1.28 bits per heavy atom. The van der Waals surface area contributed by atoms with Crippen LogP contribution in [0.25, 0.3) is 6.08 Å². The number of halogens is 2. The zero-order chi connectivity index (χ0) is 18.8. The van der Waals surface area contributed by atoms with Gasteiger partial charge in [-0.05, 0) is 30.2 Å². The van der Waals surface area contributed by atoms with Gasteiger partial charge in [0, 0.05) is 42.9 Å². The van der Waals surface area contributed by atoms with Crippen molar-refractivity contribution in [1.82, 2.24) is 4.90 Å². The molecule has 25 heavy (non-hydrogen) atoms. The van der Waals surface area contributed by atoms with E-state index in [1.54, 1.807) is 43.2 Å². The number of benzene rings is 1. The van der Waals surface area contributed by atoms with E-state index in [4.69, 9.17) is 32.7 Å². The molecule has 1 atom stereocenters. The minimum Gasteiger partial charge on any atom is -0.469 e. The number of hydrogen-bond donors (Lipinski definition) is 0. The molecule has 0 heterocycles. The summed E-state index contributed by atoms with van der Waals surface area (Å²) in [5, 5.41) is 0.993. The Hall–Kier alpha value is -1.56. The summed E-state index contributed by atoms with van der Waals surface area (Å²) in [5.41, 5.74) is 0.692. The lowest BCUT2D eigenvalue weighted by Crippen LogP contribution is -2.37. The summed E-state index contributed by atoms with van der Waals surface area (Å²) in [4.78, 5) is 25.7. The Bertz CT molecular complexity index is 619. The van der Waals surface area contributed by atoms with E-state index in [1.165, 1.54) is 13.2 Å². The lowest BCUT2D eigenvalue weighted by molar-refractivity contribution is -0.146. The van der Waals surface area contributed by atoms with Crippen LogP contribution in [0.3, 0.4) is 0 Å². The molecule has 0 aromatic heterocycles. The van der Waals surface area contributed by atoms with Crippen molar-refractivity contribution in [2.45, 2.75) is 13.3 Å². The van der Waals surface area contributed by atoms with Crippen molar-refractivity contribution in [3.8, 4) is 0 Å². The van der Waals surface area contributed by atoms with Crippen molar-refractivity contribution in [2.75, 3.05) is 33.9 Å². The number of amides is 1. The predicted octanol–water partition coefficient (Wildman–Crippen LogP) is 3.68. The molecular weight excluding hydrogens is 365 g/mol. The number of ether oxygens (including phenoxy) is 2. The Labute approximate surface area is 158 Å². The van der Waals surface area contributed by atoms with Crippen molar-refractivity contribution in [1.29, 1.82) is 0 Å². The van der Waals surface area contributed by atoms with E-state index in [1.807, 2.05) is 0 Å². The molecule has 1 aromatic rings. The monoisotopic (exact) mass is 387 g/mol. The van der Waals surface area contributed by atoms with Crippen molar-refractivity contribution in [2.24, 2.45) is 5.92 Å². The molecule has 1 aromatic carbocycles. The first-order valence-corrected chi connectivity index (χ1v) is 8.63. The molecule has 0 aliphatic carbocycles. The second-order valence-electron chi connectivity index (χ2n) is 5.55. The van der Waals surface area contributed by atoms with Gasteiger partial charge in [0.2, 0.25) is 5.91 Å². The van der Waals surface area contributed by atoms with Gasteiger partial charge in [-0.2, -0.15) is 0 Å². The molecule has 0 N–H and O–H groups in total. The molecular formula is C18H23Cl2NO4. The maximum atomic E-state index is 12.5. The number of nitrogens with zero attached hydrogens (tertiary/aromatic N) is 1. The van der Waals surface area contributed by atoms with Gasteiger partial charge >= 0.3 is 5.97 Å². The van der Waals surface area contributed by atoms with Gasteiger partial charge in [0.25, 0.3) is 0 Å². The number of methoxy groups -OCH3 is 2. The highest BCUT2D eigenvalue weighted by atomic mass is 35.5. The molecule has 0 bridgehead atoms. The average molecular weight is 388 g/mol. The van der Waals surface area contributed by atoms with E-state index in [0.717, 1.165) is 0 Å². The van der Waals surface area contributed by atoms with E-state index < -0.39 is 5.92 Å². The largest absolute Gasteiger partial charge is 0.469 e. The lowest BCUT2D eigenvalue weighted by atomic mass is 10.1. The van der Waals surface area contributed by atoms with Gasteiger partial charge < -0.3 is 14.4 Å². The second-order valence-corrected chi connectivity index (χ2v) is 6.40. The van der Waals surface area contributed by atoms with Crippen LogP contribution in [0.4, 0.5) is 0 Å². The Balaban J connectivity index is 2.82. The highest BCUT2D eigenvalue weighted by Gasteiger charge is 2.20. The number of rotatable bonds is 9. The van der Waals surface area contributed by atoms with Crippen molar-refractivity contribution < 1.29 is 19.1 Å². The fraction of sp³-hybridized carbons (Fsp3) is 0.444. The maximum absolute atomic E-state index is 12.5. The van der Waals surface area contributed by atoms with Crippen molar-refractivity contribution in [3.63, 3.8) is 0 Å². The third-order valence-corrected chi connectivity index (χ3v) is 4.12. The van der Waals surface area contributed by atoms with E-state index >= 15 is 0 Å². The SMILES string of the molecule is COCCCN(CC(C)C(=O)OC)C(=O)/C=C/c1ccc(Cl)cc1Cl. The molecule has 0 spiro atoms. The van der Waals surface area contributed by atoms with Gasteiger partial charge in [0.15, 0.2) is 0 Å². The summed E-state index contributed by atoms with van der Waals surface area (Å²) in [7, 11) is 2.93. The van der Waals surface area contributed by atoms with E-state index in [2.05, 4.69) is 0 Å². The molecule has 138 valence electrons. The van der Waals surface area contributed by atoms with Gasteiger partial charge in [-0.15, -0.1) is 0 Å². The van der Waals surface area contributed by atoms with Gasteiger partial charge in [-0.3, -0.25) is 9.59 Å². The van der Waals surface area contributed by atoms with Gasteiger partial charge in [0.1, 0.15) is 0 Å². The predicted molar refractivity (Wildman–Crippen MR) is 99.7 cm³/mol. The molecule has 7 heteroatoms. The normalized spacial score (nSPS) is 12.2. The Morgan fingerprint density at radius 3 is 2.60 bits per heavy atom. The third kappa shape index (κ3) is 7.46. The van der Waals surface area contributed by atoms with Crippen molar-refractivity contribution >= 4 is 41.2 Å². The van der Waals surface area contributed by atoms with Crippen LogP contribution in [0.1, 0.15) is 18.9 Å². The van der Waals surface area contributed by atoms with Gasteiger partial charge in [0.05, 0.1) is 13.0 Å². The molecule has 0 fully saturated rings. The quantitative estimate of drug-likeness (QED) is 0.368. The van der Waals surface area contributed by atoms with Crippen LogP contribution in [-0.4, -0.2) is 50.7 Å². The first-order valence-electron chi connectivity index (χ1n) is 7.87. The van der Waals surface area contributed by atoms with Crippen LogP contribution in [0.15, 0.2) is 24.3 Å². The van der Waals surface area contributed by atoms with E-state index in [-0.39, 0.29) is 18.4 Å². The first-order chi connectivity index (χ1) is 11.9. The highest BCUT2D eigenvalue weighted by molar-refractivity contribution is 6.35. The molecule has 1 rings (SSSR count). The Kier molecular flexibility index (Phi) is 9.57. The Morgan fingerprint density at radius 2 is 2.00 bits per heavy atom. The van der Waals surface area contributed by atoms with E-state index in [0.29, 0.717) is 35.2 Å². The van der Waals surface area contributed by atoms with Crippen LogP contribution >= 0.6 is 23.2 Å². The maximum Gasteiger partial charge on any atom is 0.310 e. The molecule has 1 unspecified atom stereocenters. The van der Waals surface area contributed by atoms with Crippen LogP contribution in [0.5, 0.6) is 0 Å². The fourth-order valence-electron chi connectivity index (χ4n) is 2.20. The molecule has 0 radical (unpaired) electrons. The fourth-order valence-corrected chi connectivity index (χ4v) is 2.67. The summed E-state index contributed by atoms with van der Waals surface area (Å²) in [6.07, 6.45) is 3.74. The number of carbonyl (C=O) groups is 2. The number of carbonyl (C=O) groups excluding carboxylic acids is 2. The summed E-state index contributed by atoms with van der Waals surface area (Å²) in [5.74, 6) is -0.976. The number of esters is 1. The molecule has 0 saturated heterocycles. The van der Waals surface area contributed by atoms with Crippen LogP contribution < -0.4 is 0 Å². The second kappa shape index (κ2) is 11.1. The third-order valence-electron chi connectivity index (χ3n) is 3.55. The summed E-state index contributed by atoms with van der Waals surface area (Å²) in [6.45, 7) is 3.01. The van der Waals surface area contributed by atoms with Crippen LogP contribution in [0.2, 0.25) is 10.0 Å². The number of hydrogen-bond acceptors (Lipinski definition) is 4. The van der Waals surface area contributed by atoms with Crippen LogP contribution in [-0.2, 0) is 19.1 Å². The summed E-state index contributed by atoms with van der Waals surface area (Å²) in [6, 6.07) is 5.05. The van der Waals surface area contributed by atoms with E-state index in [9.17, 15) is 9.59 Å². The summed E-state index contributed by atoms with van der Waals surface area (Å²) < 4.78 is 9.75. The van der Waals surface area contributed by atoms with Gasteiger partial charge in [-0.25, -0.2) is 0 Å². The highest BCUT2D eigenvalue weighted by Crippen LogP contribution is 2.22. The molecule has 5 nitrogen and oxygen atoms in total. The average Bonchev–Trinajstić information content (AvgIpc) is 2.59. The smallest absolute Gasteiger partial charge is 0.310 e. The van der Waals surface area contributed by atoms with Crippen LogP contribution in [0, 0.1) is 5.92 Å². The molecule has 1 amide bonds. The molecule has 0 saturated carbocycles. The molecule has 0 aliphatic heterocycles. The van der Waals surface area contributed by atoms with Gasteiger partial charge in [-0.1, -0.05) is 36.2 Å². The molecule has 0 aliphatic rings. The zero-order valence-electron chi connectivity index (χ0n) is 14.6. The van der Waals surface area contributed by atoms with Crippen molar-refractivity contribution in [3.05, 3.63) is 39.9 Å². The standard InChI is InChI=1S/C18H23Cl2NO4/c1-13(18(23)25-3)12-21(9-4-10-24-2)17(22)8-6-14-5-7-15(19)11-16(14)20/h5-8,11,13H,4,9-10,12H2,1-3H3/b8-6+. The topological polar surface area (TPSA) is 55.8 Å². The minimum atomic E-state index is -0.413. The minimum absolute atomic E-state index is 0.210. The zero-order valence-corrected chi connectivity index (χ0v) is 16.1. The first kappa shape index (κ1) is 21.5. The lowest BCUT2D eigenvalue weighted by Gasteiger charge is -2.23. The summed E-state index contributed by atoms with van der Waals surface area (Å²) >= 11 is 12.0.